The van der Waals surface area contributed by atoms with E-state index in [2.05, 4.69) is 0 Å². The Morgan fingerprint density at radius 3 is 1.37 bits per heavy atom. The number of esters is 6. The molecule has 7 rings (SSSR count). The van der Waals surface area contributed by atoms with E-state index in [1.54, 1.807) is 92.0 Å². The minimum absolute atomic E-state index is 0.164. The third-order valence-corrected chi connectivity index (χ3v) is 14.1. The fraction of sp³-hybridized carbons (Fsp3) is 0.373. The quantitative estimate of drug-likeness (QED) is 0.0186. The van der Waals surface area contributed by atoms with Crippen molar-refractivity contribution in [3.8, 4) is 28.7 Å². The molecule has 0 bridgehead atoms. The van der Waals surface area contributed by atoms with Gasteiger partial charge in [0.05, 0.1) is 66.6 Å². The number of carbonyl (C=O) groups is 7. The summed E-state index contributed by atoms with van der Waals surface area (Å²) in [5.74, 6) is -2.16. The van der Waals surface area contributed by atoms with Gasteiger partial charge in [-0.3, -0.25) is 24.0 Å². The normalized spacial score (nSPS) is 17.3. The molecule has 16 heteroatoms. The van der Waals surface area contributed by atoms with Crippen molar-refractivity contribution >= 4 is 59.0 Å². The Morgan fingerprint density at radius 1 is 0.507 bits per heavy atom. The predicted molar refractivity (Wildman–Crippen MR) is 278 cm³/mol. The molecule has 2 saturated carbocycles. The second kappa shape index (κ2) is 28.3. The molecule has 0 N–H and O–H groups in total. The van der Waals surface area contributed by atoms with E-state index in [1.807, 2.05) is 17.5 Å². The van der Waals surface area contributed by atoms with Crippen LogP contribution in [0.25, 0.3) is 6.08 Å². The van der Waals surface area contributed by atoms with Crippen LogP contribution in [0.15, 0.2) is 115 Å². The summed E-state index contributed by atoms with van der Waals surface area (Å²) in [7, 11) is 3.18. The molecule has 0 aliphatic heterocycles. The lowest BCUT2D eigenvalue weighted by Gasteiger charge is -2.26. The van der Waals surface area contributed by atoms with Gasteiger partial charge in [-0.15, -0.1) is 11.3 Å². The van der Waals surface area contributed by atoms with Gasteiger partial charge in [-0.05, 0) is 191 Å². The van der Waals surface area contributed by atoms with Gasteiger partial charge in [0, 0.05) is 12.7 Å². The maximum absolute atomic E-state index is 13.2. The van der Waals surface area contributed by atoms with E-state index in [4.69, 9.17) is 37.9 Å². The van der Waals surface area contributed by atoms with Crippen LogP contribution in [0, 0.1) is 23.7 Å². The lowest BCUT2D eigenvalue weighted by Crippen LogP contribution is -2.30. The summed E-state index contributed by atoms with van der Waals surface area (Å²) in [6.45, 7) is 1.04. The first-order valence-corrected chi connectivity index (χ1v) is 26.3. The van der Waals surface area contributed by atoms with E-state index in [1.165, 1.54) is 36.7 Å². The molecule has 4 aromatic carbocycles. The number of rotatable bonds is 24. The van der Waals surface area contributed by atoms with E-state index in [0.717, 1.165) is 24.8 Å². The molecule has 1 heterocycles. The number of hydrogen-bond acceptors (Lipinski definition) is 16. The standard InChI is InChI=1S/C59H62O15S/c1-67-36-33-39-9-24-47(25-10-39)71-56(63)42-11-13-43(14-12-42)57(64)72-48-26-19-40(20-27-48)54(61)69-34-5-3-4-6-35-70-55(62)41-21-28-49(29-22-41)73-58(65)44-15-17-45(18-16-44)59(66)74-52-32-30-50(68-2)38-46(52)23-31-51(60)53-8-7-37-75-53/h7-10,19-32,37-38,42-45H,3-6,11-18,33-36H2,1-2H3/b31-23+. The van der Waals surface area contributed by atoms with Crippen LogP contribution in [0.2, 0.25) is 0 Å². The van der Waals surface area contributed by atoms with Gasteiger partial charge in [-0.1, -0.05) is 18.2 Å². The Labute approximate surface area is 440 Å². The molecule has 0 spiro atoms. The van der Waals surface area contributed by atoms with E-state index < -0.39 is 35.7 Å². The van der Waals surface area contributed by atoms with Crippen molar-refractivity contribution in [3.63, 3.8) is 0 Å². The summed E-state index contributed by atoms with van der Waals surface area (Å²) in [6.07, 6.45) is 10.4. The molecular weight excluding hydrogens is 981 g/mol. The third-order valence-electron chi connectivity index (χ3n) is 13.3. The van der Waals surface area contributed by atoms with Gasteiger partial charge >= 0.3 is 35.8 Å². The van der Waals surface area contributed by atoms with Crippen LogP contribution in [0.4, 0.5) is 0 Å². The highest BCUT2D eigenvalue weighted by Gasteiger charge is 2.34. The van der Waals surface area contributed by atoms with Crippen molar-refractivity contribution in [1.82, 2.24) is 0 Å². The first-order valence-electron chi connectivity index (χ1n) is 25.4. The highest BCUT2D eigenvalue weighted by atomic mass is 32.1. The van der Waals surface area contributed by atoms with Crippen LogP contribution in [0.5, 0.6) is 28.7 Å². The summed E-state index contributed by atoms with van der Waals surface area (Å²) in [6, 6.07) is 28.3. The number of hydrogen-bond donors (Lipinski definition) is 0. The fourth-order valence-corrected chi connectivity index (χ4v) is 9.42. The van der Waals surface area contributed by atoms with Crippen LogP contribution >= 0.6 is 11.3 Å². The van der Waals surface area contributed by atoms with Crippen molar-refractivity contribution in [1.29, 1.82) is 0 Å². The predicted octanol–water partition coefficient (Wildman–Crippen LogP) is 11.1. The second-order valence-corrected chi connectivity index (χ2v) is 19.4. The molecule has 5 aromatic rings. The average Bonchev–Trinajstić information content (AvgIpc) is 3.99. The zero-order valence-corrected chi connectivity index (χ0v) is 43.0. The Hall–Kier alpha value is -7.43. The minimum Gasteiger partial charge on any atom is -0.497 e. The number of methoxy groups -OCH3 is 2. The van der Waals surface area contributed by atoms with Gasteiger partial charge in [0.25, 0.3) is 0 Å². The van der Waals surface area contributed by atoms with Gasteiger partial charge < -0.3 is 37.9 Å². The van der Waals surface area contributed by atoms with Crippen molar-refractivity contribution < 1.29 is 71.5 Å². The monoisotopic (exact) mass is 1040 g/mol. The van der Waals surface area contributed by atoms with Gasteiger partial charge in [0.1, 0.15) is 28.7 Å². The summed E-state index contributed by atoms with van der Waals surface area (Å²) in [5.41, 5.74) is 2.25. The van der Waals surface area contributed by atoms with E-state index in [0.29, 0.717) is 121 Å². The van der Waals surface area contributed by atoms with Gasteiger partial charge in [-0.25, -0.2) is 9.59 Å². The molecule has 0 unspecified atom stereocenters. The highest BCUT2D eigenvalue weighted by Crippen LogP contribution is 2.34. The second-order valence-electron chi connectivity index (χ2n) is 18.5. The SMILES string of the molecule is COCCc1ccc(OC(=O)C2CCC(C(=O)Oc3ccc(C(=O)OCCCCCCOC(=O)c4ccc(OC(=O)C5CCC(C(=O)Oc6ccc(OC)cc6/C=C/C(=O)c6cccs6)CC5)cc4)cc3)CC2)cc1. The van der Waals surface area contributed by atoms with Crippen molar-refractivity contribution in [2.75, 3.05) is 34.0 Å². The summed E-state index contributed by atoms with van der Waals surface area (Å²) in [5, 5.41) is 1.82. The summed E-state index contributed by atoms with van der Waals surface area (Å²) < 4.78 is 43.9. The van der Waals surface area contributed by atoms with Gasteiger partial charge in [0.2, 0.25) is 0 Å². The molecule has 2 aliphatic rings. The van der Waals surface area contributed by atoms with E-state index >= 15 is 0 Å². The first kappa shape index (κ1) is 55.3. The molecule has 0 atom stereocenters. The number of ketones is 1. The minimum atomic E-state index is -0.504. The zero-order valence-electron chi connectivity index (χ0n) is 42.2. The van der Waals surface area contributed by atoms with Crippen molar-refractivity contribution in [2.24, 2.45) is 23.7 Å². The number of ether oxygens (including phenoxy) is 8. The number of unbranched alkanes of at least 4 members (excludes halogenated alkanes) is 3. The Morgan fingerprint density at radius 2 is 0.947 bits per heavy atom. The molecule has 75 heavy (non-hydrogen) atoms. The molecule has 0 radical (unpaired) electrons. The largest absolute Gasteiger partial charge is 0.497 e. The molecule has 1 aromatic heterocycles. The van der Waals surface area contributed by atoms with Crippen molar-refractivity contribution in [2.45, 2.75) is 83.5 Å². The third kappa shape index (κ3) is 16.8. The number of benzene rings is 4. The maximum Gasteiger partial charge on any atom is 0.338 e. The smallest absolute Gasteiger partial charge is 0.338 e. The Bertz CT molecular complexity index is 2730. The average molecular weight is 1040 g/mol. The van der Waals surface area contributed by atoms with Crippen LogP contribution in [-0.2, 0) is 39.8 Å². The lowest BCUT2D eigenvalue weighted by atomic mass is 9.82. The molecule has 394 valence electrons. The number of thiophene rings is 1. The fourth-order valence-electron chi connectivity index (χ4n) is 8.78. The maximum atomic E-state index is 13.2. The Balaban J connectivity index is 0.719. The molecule has 2 fully saturated rings. The van der Waals surface area contributed by atoms with Crippen LogP contribution < -0.4 is 23.7 Å². The molecule has 2 aliphatic carbocycles. The van der Waals surface area contributed by atoms with Crippen LogP contribution in [0.1, 0.15) is 119 Å². The first-order chi connectivity index (χ1) is 36.5. The summed E-state index contributed by atoms with van der Waals surface area (Å²) in [4.78, 5) is 90.5. The molecule has 0 saturated heterocycles. The van der Waals surface area contributed by atoms with Crippen LogP contribution in [-0.4, -0.2) is 75.6 Å². The zero-order chi connectivity index (χ0) is 52.9. The van der Waals surface area contributed by atoms with Gasteiger partial charge in [0.15, 0.2) is 5.78 Å². The molecule has 15 nitrogen and oxygen atoms in total. The Kier molecular flexibility index (Phi) is 20.9. The van der Waals surface area contributed by atoms with Crippen LogP contribution in [0.3, 0.4) is 0 Å². The van der Waals surface area contributed by atoms with E-state index in [9.17, 15) is 33.6 Å². The topological polar surface area (TPSA) is 193 Å². The van der Waals surface area contributed by atoms with Crippen molar-refractivity contribution in [3.05, 3.63) is 142 Å². The summed E-state index contributed by atoms with van der Waals surface area (Å²) >= 11 is 1.34. The number of carbonyl (C=O) groups excluding carboxylic acids is 7. The number of allylic oxidation sites excluding steroid dienone is 1. The van der Waals surface area contributed by atoms with Gasteiger partial charge in [-0.2, -0.15) is 0 Å². The highest BCUT2D eigenvalue weighted by molar-refractivity contribution is 7.12. The molecular formula is C59H62O15S. The molecule has 0 amide bonds. The lowest BCUT2D eigenvalue weighted by molar-refractivity contribution is -0.145. The van der Waals surface area contributed by atoms with E-state index in [-0.39, 0.29) is 42.8 Å².